The maximum atomic E-state index is 13.1. The highest BCUT2D eigenvalue weighted by molar-refractivity contribution is 6.34. The highest BCUT2D eigenvalue weighted by Crippen LogP contribution is 2.39. The van der Waals surface area contributed by atoms with E-state index in [1.165, 1.54) is 18.2 Å². The zero-order valence-electron chi connectivity index (χ0n) is 13.9. The molecule has 1 amide bonds. The van der Waals surface area contributed by atoms with Crippen LogP contribution in [0.3, 0.4) is 0 Å². The van der Waals surface area contributed by atoms with Gasteiger partial charge in [-0.15, -0.1) is 0 Å². The first-order valence-electron chi connectivity index (χ1n) is 7.86. The number of fused-ring (bicyclic) bond motifs is 1. The Labute approximate surface area is 150 Å². The van der Waals surface area contributed by atoms with Crippen molar-refractivity contribution in [1.82, 2.24) is 0 Å². The molecule has 6 nitrogen and oxygen atoms in total. The van der Waals surface area contributed by atoms with Gasteiger partial charge in [-0.25, -0.2) is 0 Å². The average Bonchev–Trinajstić information content (AvgIpc) is 2.61. The Bertz CT molecular complexity index is 866. The molecule has 2 aromatic carbocycles. The van der Waals surface area contributed by atoms with Crippen molar-refractivity contribution in [3.63, 3.8) is 0 Å². The number of ether oxygens (including phenoxy) is 1. The van der Waals surface area contributed by atoms with Crippen LogP contribution in [-0.2, 0) is 6.42 Å². The highest BCUT2D eigenvalue weighted by atomic mass is 35.5. The smallest absolute Gasteiger partial charge is 0.270 e. The van der Waals surface area contributed by atoms with Gasteiger partial charge in [0.2, 0.25) is 0 Å². The summed E-state index contributed by atoms with van der Waals surface area (Å²) < 4.78 is 5.45. The molecule has 0 atom stereocenters. The van der Waals surface area contributed by atoms with Crippen molar-refractivity contribution in [1.29, 1.82) is 0 Å². The Kier molecular flexibility index (Phi) is 4.63. The fourth-order valence-electron chi connectivity index (χ4n) is 3.16. The number of aryl methyl sites for hydroxylation is 1. The maximum absolute atomic E-state index is 13.1. The third-order valence-corrected chi connectivity index (χ3v) is 4.73. The van der Waals surface area contributed by atoms with Gasteiger partial charge in [0.15, 0.2) is 0 Å². The molecule has 130 valence electrons. The molecule has 3 rings (SSSR count). The van der Waals surface area contributed by atoms with Gasteiger partial charge in [0, 0.05) is 18.7 Å². The number of anilines is 1. The normalized spacial score (nSPS) is 13.3. The Morgan fingerprint density at radius 1 is 1.32 bits per heavy atom. The average molecular weight is 361 g/mol. The second kappa shape index (κ2) is 6.72. The molecule has 0 radical (unpaired) electrons. The Morgan fingerprint density at radius 2 is 2.08 bits per heavy atom. The lowest BCUT2D eigenvalue weighted by atomic mass is 9.95. The number of nitro groups is 1. The van der Waals surface area contributed by atoms with E-state index in [0.29, 0.717) is 12.3 Å². The zero-order chi connectivity index (χ0) is 18.1. The number of amides is 1. The molecule has 0 aliphatic carbocycles. The molecule has 0 aromatic heterocycles. The summed E-state index contributed by atoms with van der Waals surface area (Å²) in [5.41, 5.74) is 3.03. The number of benzene rings is 2. The van der Waals surface area contributed by atoms with Crippen LogP contribution in [0.5, 0.6) is 5.75 Å². The Balaban J connectivity index is 2.06. The Morgan fingerprint density at radius 3 is 2.72 bits per heavy atom. The van der Waals surface area contributed by atoms with Crippen LogP contribution >= 0.6 is 11.6 Å². The van der Waals surface area contributed by atoms with E-state index in [2.05, 4.69) is 0 Å². The van der Waals surface area contributed by atoms with Crippen molar-refractivity contribution in [2.75, 3.05) is 18.6 Å². The van der Waals surface area contributed by atoms with E-state index in [-0.39, 0.29) is 22.2 Å². The molecule has 0 saturated carbocycles. The van der Waals surface area contributed by atoms with Gasteiger partial charge in [0.25, 0.3) is 11.6 Å². The van der Waals surface area contributed by atoms with Crippen LogP contribution in [0.1, 0.15) is 27.9 Å². The van der Waals surface area contributed by atoms with Gasteiger partial charge in [-0.2, -0.15) is 0 Å². The molecule has 1 aliphatic rings. The van der Waals surface area contributed by atoms with Gasteiger partial charge in [0.1, 0.15) is 5.75 Å². The molecule has 0 unspecified atom stereocenters. The van der Waals surface area contributed by atoms with Crippen molar-refractivity contribution in [3.8, 4) is 5.75 Å². The lowest BCUT2D eigenvalue weighted by molar-refractivity contribution is -0.384. The standard InChI is InChI=1S/C18H17ClN2O4/c1-11-5-8-16(25-2)17-13(11)4-3-9-20(17)18(22)14-7-6-12(21(23)24)10-15(14)19/h5-8,10H,3-4,9H2,1-2H3. The van der Waals surface area contributed by atoms with Gasteiger partial charge in [0.05, 0.1) is 28.3 Å². The number of hydrogen-bond acceptors (Lipinski definition) is 4. The topological polar surface area (TPSA) is 72.7 Å². The molecule has 1 aliphatic heterocycles. The number of nitrogens with zero attached hydrogens (tertiary/aromatic N) is 2. The second-order valence-electron chi connectivity index (χ2n) is 5.89. The summed E-state index contributed by atoms with van der Waals surface area (Å²) in [5, 5.41) is 10.9. The Hall–Kier alpha value is -2.60. The fourth-order valence-corrected chi connectivity index (χ4v) is 3.41. The molecule has 0 N–H and O–H groups in total. The summed E-state index contributed by atoms with van der Waals surface area (Å²) in [4.78, 5) is 25.0. The first-order valence-corrected chi connectivity index (χ1v) is 8.24. The summed E-state index contributed by atoms with van der Waals surface area (Å²) in [6.07, 6.45) is 1.70. The van der Waals surface area contributed by atoms with Gasteiger partial charge in [-0.1, -0.05) is 17.7 Å². The SMILES string of the molecule is COc1ccc(C)c2c1N(C(=O)c1ccc([N+](=O)[O-])cc1Cl)CCC2. The van der Waals surface area contributed by atoms with E-state index in [9.17, 15) is 14.9 Å². The monoisotopic (exact) mass is 360 g/mol. The van der Waals surface area contributed by atoms with Crippen molar-refractivity contribution < 1.29 is 14.5 Å². The molecule has 0 bridgehead atoms. The molecule has 25 heavy (non-hydrogen) atoms. The second-order valence-corrected chi connectivity index (χ2v) is 6.30. The van der Waals surface area contributed by atoms with E-state index in [1.807, 2.05) is 19.1 Å². The van der Waals surface area contributed by atoms with Crippen LogP contribution in [0, 0.1) is 17.0 Å². The first-order chi connectivity index (χ1) is 11.9. The van der Waals surface area contributed by atoms with Crippen molar-refractivity contribution in [2.24, 2.45) is 0 Å². The molecule has 0 spiro atoms. The number of carbonyl (C=O) groups excluding carboxylic acids is 1. The lowest BCUT2D eigenvalue weighted by Crippen LogP contribution is -2.36. The van der Waals surface area contributed by atoms with Gasteiger partial charge < -0.3 is 9.64 Å². The number of halogens is 1. The number of non-ortho nitro benzene ring substituents is 1. The number of carbonyl (C=O) groups is 1. The van der Waals surface area contributed by atoms with Crippen LogP contribution in [0.15, 0.2) is 30.3 Å². The largest absolute Gasteiger partial charge is 0.495 e. The highest BCUT2D eigenvalue weighted by Gasteiger charge is 2.29. The van der Waals surface area contributed by atoms with Crippen molar-refractivity contribution >= 4 is 28.9 Å². The third-order valence-electron chi connectivity index (χ3n) is 4.42. The molecule has 1 heterocycles. The minimum atomic E-state index is -0.539. The van der Waals surface area contributed by atoms with E-state index >= 15 is 0 Å². The van der Waals surface area contributed by atoms with Crippen LogP contribution < -0.4 is 9.64 Å². The van der Waals surface area contributed by atoms with Gasteiger partial charge in [-0.3, -0.25) is 14.9 Å². The first kappa shape index (κ1) is 17.2. The lowest BCUT2D eigenvalue weighted by Gasteiger charge is -2.32. The van der Waals surface area contributed by atoms with Crippen LogP contribution in [0.25, 0.3) is 0 Å². The molecule has 0 fully saturated rings. The van der Waals surface area contributed by atoms with E-state index in [0.717, 1.165) is 29.7 Å². The summed E-state index contributed by atoms with van der Waals surface area (Å²) in [5.74, 6) is 0.344. The molecule has 7 heteroatoms. The van der Waals surface area contributed by atoms with Crippen molar-refractivity contribution in [2.45, 2.75) is 19.8 Å². The third kappa shape index (κ3) is 3.05. The number of rotatable bonds is 3. The molecular weight excluding hydrogens is 344 g/mol. The summed E-state index contributed by atoms with van der Waals surface area (Å²) >= 11 is 6.14. The number of methoxy groups -OCH3 is 1. The fraction of sp³-hybridized carbons (Fsp3) is 0.278. The van der Waals surface area contributed by atoms with Crippen LogP contribution in [0.2, 0.25) is 5.02 Å². The predicted molar refractivity (Wildman–Crippen MR) is 95.8 cm³/mol. The summed E-state index contributed by atoms with van der Waals surface area (Å²) in [7, 11) is 1.57. The summed E-state index contributed by atoms with van der Waals surface area (Å²) in [6.45, 7) is 2.55. The van der Waals surface area contributed by atoms with E-state index < -0.39 is 4.92 Å². The van der Waals surface area contributed by atoms with Crippen LogP contribution in [-0.4, -0.2) is 24.5 Å². The minimum Gasteiger partial charge on any atom is -0.495 e. The van der Waals surface area contributed by atoms with E-state index in [1.54, 1.807) is 12.0 Å². The number of nitro benzene ring substituents is 1. The molecule has 0 saturated heterocycles. The predicted octanol–water partition coefficient (Wildman–Crippen LogP) is 4.16. The quantitative estimate of drug-likeness (QED) is 0.608. The van der Waals surface area contributed by atoms with Crippen LogP contribution in [0.4, 0.5) is 11.4 Å². The molecule has 2 aromatic rings. The summed E-state index contributed by atoms with van der Waals surface area (Å²) in [6, 6.07) is 7.71. The molecular formula is C18H17ClN2O4. The maximum Gasteiger partial charge on any atom is 0.270 e. The number of hydrogen-bond donors (Lipinski definition) is 0. The van der Waals surface area contributed by atoms with Gasteiger partial charge >= 0.3 is 0 Å². The zero-order valence-corrected chi connectivity index (χ0v) is 14.7. The van der Waals surface area contributed by atoms with Crippen molar-refractivity contribution in [3.05, 3.63) is 62.2 Å². The van der Waals surface area contributed by atoms with Gasteiger partial charge in [-0.05, 0) is 43.0 Å². The minimum absolute atomic E-state index is 0.0675. The van der Waals surface area contributed by atoms with E-state index in [4.69, 9.17) is 16.3 Å².